The van der Waals surface area contributed by atoms with Crippen LogP contribution in [0.25, 0.3) is 22.3 Å². The molecule has 0 unspecified atom stereocenters. The van der Waals surface area contributed by atoms with Crippen molar-refractivity contribution in [1.82, 2.24) is 0 Å². The Labute approximate surface area is 243 Å². The molecule has 0 aliphatic rings. The second kappa shape index (κ2) is 12.3. The van der Waals surface area contributed by atoms with Gasteiger partial charge < -0.3 is 0 Å². The molecule has 4 heteroatoms. The molecule has 0 aliphatic carbocycles. The summed E-state index contributed by atoms with van der Waals surface area (Å²) in [7, 11) is -6.29. The lowest BCUT2D eigenvalue weighted by Crippen LogP contribution is -2.38. The van der Waals surface area contributed by atoms with Gasteiger partial charge in [-0.15, -0.1) is 0 Å². The zero-order chi connectivity index (χ0) is 30.3. The number of rotatable bonds is 9. The van der Waals surface area contributed by atoms with Gasteiger partial charge in [0.15, 0.2) is 0 Å². The van der Waals surface area contributed by atoms with Crippen LogP contribution >= 0.6 is 0 Å². The second-order valence-electron chi connectivity index (χ2n) is 13.3. The van der Waals surface area contributed by atoms with Crippen molar-refractivity contribution in [2.75, 3.05) is 0 Å². The van der Waals surface area contributed by atoms with Gasteiger partial charge in [0, 0.05) is 5.19 Å². The maximum absolute atomic E-state index is 15.6. The molecule has 3 aromatic rings. The van der Waals surface area contributed by atoms with E-state index in [4.69, 9.17) is 0 Å². The molecular formula is C36H49F3Si. The minimum atomic E-state index is -6.29. The molecule has 218 valence electrons. The molecule has 0 atom stereocenters. The number of benzene rings is 3. The summed E-state index contributed by atoms with van der Waals surface area (Å²) in [4.78, 5) is 0. The van der Waals surface area contributed by atoms with Gasteiger partial charge in [-0.05, 0) is 91.1 Å². The lowest BCUT2D eigenvalue weighted by Gasteiger charge is -2.28. The first kappa shape index (κ1) is 32.2. The van der Waals surface area contributed by atoms with Crippen molar-refractivity contribution in [3.63, 3.8) is 0 Å². The first-order chi connectivity index (χ1) is 18.5. The summed E-state index contributed by atoms with van der Waals surface area (Å²) in [6.07, 6.45) is 0. The zero-order valence-corrected chi connectivity index (χ0v) is 27.6. The third-order valence-electron chi connectivity index (χ3n) is 8.15. The van der Waals surface area contributed by atoms with Gasteiger partial charge in [-0.1, -0.05) is 126 Å². The highest BCUT2D eigenvalue weighted by atomic mass is 28.5. The fourth-order valence-electron chi connectivity index (χ4n) is 5.81. The quantitative estimate of drug-likeness (QED) is 0.178. The molecule has 0 nitrogen and oxygen atoms in total. The van der Waals surface area contributed by atoms with Crippen molar-refractivity contribution in [3.05, 3.63) is 75.8 Å². The molecule has 0 saturated carbocycles. The summed E-state index contributed by atoms with van der Waals surface area (Å²) in [6.45, 7) is 25.4. The van der Waals surface area contributed by atoms with Crippen LogP contribution in [0.3, 0.4) is 0 Å². The van der Waals surface area contributed by atoms with Crippen LogP contribution < -0.4 is 5.19 Å². The summed E-state index contributed by atoms with van der Waals surface area (Å²) in [6, 6.07) is 13.9. The topological polar surface area (TPSA) is 0 Å². The minimum absolute atomic E-state index is 0.0976. The van der Waals surface area contributed by atoms with Gasteiger partial charge in [0.2, 0.25) is 0 Å². The maximum atomic E-state index is 15.6. The first-order valence-corrected chi connectivity index (χ1v) is 16.7. The van der Waals surface area contributed by atoms with Crippen LogP contribution in [0.15, 0.2) is 42.5 Å². The van der Waals surface area contributed by atoms with Crippen LogP contribution in [0.1, 0.15) is 152 Å². The molecule has 3 aromatic carbocycles. The molecule has 0 radical (unpaired) electrons. The van der Waals surface area contributed by atoms with Crippen molar-refractivity contribution in [3.8, 4) is 22.3 Å². The molecule has 0 N–H and O–H groups in total. The summed E-state index contributed by atoms with van der Waals surface area (Å²) in [5.74, 6) is 0.989. The first-order valence-electron chi connectivity index (χ1n) is 15.0. The van der Waals surface area contributed by atoms with Crippen molar-refractivity contribution in [2.24, 2.45) is 0 Å². The molecule has 0 saturated heterocycles. The molecule has 0 fully saturated rings. The van der Waals surface area contributed by atoms with E-state index in [1.807, 2.05) is 6.07 Å². The summed E-state index contributed by atoms with van der Waals surface area (Å²) in [5, 5.41) is -0.378. The fourth-order valence-corrected chi connectivity index (χ4v) is 6.84. The van der Waals surface area contributed by atoms with E-state index in [0.717, 1.165) is 33.4 Å². The van der Waals surface area contributed by atoms with E-state index in [2.05, 4.69) is 107 Å². The highest BCUT2D eigenvalue weighted by Crippen LogP contribution is 2.43. The summed E-state index contributed by atoms with van der Waals surface area (Å²) < 4.78 is 46.7. The smallest absolute Gasteiger partial charge is 0.234 e. The maximum Gasteiger partial charge on any atom is 0.654 e. The van der Waals surface area contributed by atoms with Crippen molar-refractivity contribution in [1.29, 1.82) is 0 Å². The van der Waals surface area contributed by atoms with Crippen LogP contribution in [-0.2, 0) is 0 Å². The number of hydrogen-bond donors (Lipinski definition) is 0. The SMILES string of the molecule is CC(C)c1cc(C(C)C)c(-c2cccc(-c3c(C(C)C)cc(C(C)C)cc3C(C)C)c2[Si](F)(F)F)c(C(C)C)c1. The van der Waals surface area contributed by atoms with Crippen molar-refractivity contribution >= 4 is 14.3 Å². The monoisotopic (exact) mass is 566 g/mol. The van der Waals surface area contributed by atoms with Gasteiger partial charge in [0.25, 0.3) is 0 Å². The molecule has 40 heavy (non-hydrogen) atoms. The Hall–Kier alpha value is -2.33. The minimum Gasteiger partial charge on any atom is -0.234 e. The Balaban J connectivity index is 2.60. The molecule has 0 aromatic heterocycles. The van der Waals surface area contributed by atoms with E-state index in [0.29, 0.717) is 23.0 Å². The Kier molecular flexibility index (Phi) is 9.87. The lowest BCUT2D eigenvalue weighted by atomic mass is 9.79. The van der Waals surface area contributed by atoms with E-state index < -0.39 is 9.08 Å². The Morgan fingerprint density at radius 1 is 0.450 bits per heavy atom. The van der Waals surface area contributed by atoms with Crippen LogP contribution in [-0.4, -0.2) is 9.08 Å². The van der Waals surface area contributed by atoms with Gasteiger partial charge in [-0.2, -0.15) is 0 Å². The van der Waals surface area contributed by atoms with E-state index >= 15 is 12.3 Å². The van der Waals surface area contributed by atoms with E-state index in [9.17, 15) is 0 Å². The van der Waals surface area contributed by atoms with Gasteiger partial charge in [0.05, 0.1) is 0 Å². The highest BCUT2D eigenvalue weighted by Gasteiger charge is 2.46. The average Bonchev–Trinajstić information content (AvgIpc) is 2.85. The number of hydrogen-bond acceptors (Lipinski definition) is 0. The predicted molar refractivity (Wildman–Crippen MR) is 171 cm³/mol. The lowest BCUT2D eigenvalue weighted by molar-refractivity contribution is 0.501. The molecule has 0 aliphatic heterocycles. The molecule has 0 heterocycles. The van der Waals surface area contributed by atoms with Gasteiger partial charge in [-0.25, -0.2) is 12.3 Å². The van der Waals surface area contributed by atoms with Crippen LogP contribution in [0.5, 0.6) is 0 Å². The van der Waals surface area contributed by atoms with Crippen molar-refractivity contribution < 1.29 is 12.3 Å². The normalized spacial score (nSPS) is 12.7. The van der Waals surface area contributed by atoms with E-state index in [1.165, 1.54) is 11.1 Å². The third-order valence-corrected chi connectivity index (χ3v) is 9.26. The van der Waals surface area contributed by atoms with Crippen LogP contribution in [0.4, 0.5) is 12.3 Å². The Morgan fingerprint density at radius 2 is 0.725 bits per heavy atom. The highest BCUT2D eigenvalue weighted by molar-refractivity contribution is 6.76. The van der Waals surface area contributed by atoms with Gasteiger partial charge >= 0.3 is 9.08 Å². The van der Waals surface area contributed by atoms with E-state index in [-0.39, 0.29) is 28.9 Å². The second-order valence-corrected chi connectivity index (χ2v) is 14.8. The van der Waals surface area contributed by atoms with Gasteiger partial charge in [0.1, 0.15) is 0 Å². The summed E-state index contributed by atoms with van der Waals surface area (Å²) in [5.41, 5.74) is 8.69. The Bertz CT molecular complexity index is 1190. The molecule has 0 bridgehead atoms. The van der Waals surface area contributed by atoms with E-state index in [1.54, 1.807) is 12.1 Å². The third kappa shape index (κ3) is 6.43. The molecule has 0 spiro atoms. The molecule has 0 amide bonds. The zero-order valence-electron chi connectivity index (χ0n) is 26.6. The molecular weight excluding hydrogens is 517 g/mol. The summed E-state index contributed by atoms with van der Waals surface area (Å²) >= 11 is 0. The largest absolute Gasteiger partial charge is 0.654 e. The van der Waals surface area contributed by atoms with Crippen LogP contribution in [0.2, 0.25) is 0 Å². The molecule has 3 rings (SSSR count). The van der Waals surface area contributed by atoms with Crippen molar-refractivity contribution in [2.45, 2.75) is 119 Å². The number of halogens is 3. The predicted octanol–water partition coefficient (Wildman–Crippen LogP) is 11.8. The van der Waals surface area contributed by atoms with Gasteiger partial charge in [-0.3, -0.25) is 0 Å². The van der Waals surface area contributed by atoms with Crippen LogP contribution in [0, 0.1) is 0 Å². The fraction of sp³-hybridized carbons (Fsp3) is 0.500. The Morgan fingerprint density at radius 3 is 0.925 bits per heavy atom. The standard InChI is InChI=1S/C36H49F3Si/c1-20(2)26-16-30(22(5)6)34(31(17-26)23(7)8)28-14-13-15-29(36(28)40(37,38)39)35-32(24(9)10)18-27(21(3)4)19-33(35)25(11)12/h13-25H,1-12H3. The average molecular weight is 567 g/mol.